The summed E-state index contributed by atoms with van der Waals surface area (Å²) in [6.45, 7) is 4.61. The Balaban J connectivity index is 1.56. The van der Waals surface area contributed by atoms with Crippen molar-refractivity contribution in [2.24, 2.45) is 0 Å². The lowest BCUT2D eigenvalue weighted by molar-refractivity contribution is 0.0954. The number of carbonyl (C=O) groups is 1. The molecular weight excluding hydrogens is 334 g/mol. The molecule has 3 rings (SSSR count). The number of halogens is 1. The van der Waals surface area contributed by atoms with Crippen molar-refractivity contribution in [1.29, 1.82) is 0 Å². The number of benzene rings is 2. The molecule has 0 aliphatic heterocycles. The van der Waals surface area contributed by atoms with Gasteiger partial charge >= 0.3 is 0 Å². The van der Waals surface area contributed by atoms with Crippen LogP contribution in [0.4, 0.5) is 0 Å². The average molecular weight is 354 g/mol. The molecule has 0 bridgehead atoms. The van der Waals surface area contributed by atoms with Gasteiger partial charge in [-0.3, -0.25) is 4.79 Å². The predicted molar refractivity (Wildman–Crippen MR) is 101 cm³/mol. The van der Waals surface area contributed by atoms with Gasteiger partial charge in [-0.05, 0) is 68.3 Å². The van der Waals surface area contributed by atoms with E-state index in [4.69, 9.17) is 11.6 Å². The fourth-order valence-electron chi connectivity index (χ4n) is 2.72. The lowest BCUT2D eigenvalue weighted by Crippen LogP contribution is -2.25. The number of nitrogens with zero attached hydrogens (tertiary/aromatic N) is 2. The van der Waals surface area contributed by atoms with Crippen LogP contribution in [0.15, 0.2) is 54.6 Å². The third-order valence-corrected chi connectivity index (χ3v) is 4.25. The second-order valence-electron chi connectivity index (χ2n) is 6.02. The molecule has 0 unspecified atom stereocenters. The zero-order chi connectivity index (χ0) is 17.8. The van der Waals surface area contributed by atoms with Crippen LogP contribution in [0.25, 0.3) is 5.69 Å². The summed E-state index contributed by atoms with van der Waals surface area (Å²) < 4.78 is 1.93. The second-order valence-corrected chi connectivity index (χ2v) is 6.45. The lowest BCUT2D eigenvalue weighted by atomic mass is 10.1. The minimum atomic E-state index is -0.0871. The van der Waals surface area contributed by atoms with E-state index in [0.717, 1.165) is 23.5 Å². The van der Waals surface area contributed by atoms with Crippen LogP contribution in [0.5, 0.6) is 0 Å². The lowest BCUT2D eigenvalue weighted by Gasteiger charge is -2.08. The number of aromatic nitrogens is 2. The van der Waals surface area contributed by atoms with Gasteiger partial charge in [0.1, 0.15) is 0 Å². The molecule has 128 valence electrons. The van der Waals surface area contributed by atoms with Gasteiger partial charge in [0.25, 0.3) is 5.91 Å². The number of nitrogens with one attached hydrogen (secondary N) is 1. The van der Waals surface area contributed by atoms with E-state index in [1.165, 1.54) is 5.56 Å². The van der Waals surface area contributed by atoms with Crippen molar-refractivity contribution in [2.45, 2.75) is 20.3 Å². The van der Waals surface area contributed by atoms with E-state index in [0.29, 0.717) is 17.1 Å². The molecule has 1 heterocycles. The molecule has 0 fully saturated rings. The second kappa shape index (κ2) is 7.53. The molecule has 1 amide bonds. The van der Waals surface area contributed by atoms with Gasteiger partial charge in [-0.2, -0.15) is 5.10 Å². The molecular formula is C20H20ClN3O. The van der Waals surface area contributed by atoms with E-state index in [9.17, 15) is 4.79 Å². The van der Waals surface area contributed by atoms with Gasteiger partial charge in [0.15, 0.2) is 0 Å². The maximum atomic E-state index is 12.1. The Labute approximate surface area is 152 Å². The summed E-state index contributed by atoms with van der Waals surface area (Å²) >= 11 is 5.83. The zero-order valence-corrected chi connectivity index (χ0v) is 15.0. The molecule has 0 atom stereocenters. The quantitative estimate of drug-likeness (QED) is 0.750. The van der Waals surface area contributed by atoms with Gasteiger partial charge < -0.3 is 5.32 Å². The summed E-state index contributed by atoms with van der Waals surface area (Å²) in [5, 5.41) is 8.04. The van der Waals surface area contributed by atoms with Crippen molar-refractivity contribution < 1.29 is 4.79 Å². The third-order valence-electron chi connectivity index (χ3n) is 4.00. The van der Waals surface area contributed by atoms with Crippen LogP contribution >= 0.6 is 11.6 Å². The average Bonchev–Trinajstić information content (AvgIpc) is 2.94. The Bertz CT molecular complexity index is 867. The topological polar surface area (TPSA) is 46.9 Å². The van der Waals surface area contributed by atoms with E-state index in [2.05, 4.69) is 40.7 Å². The summed E-state index contributed by atoms with van der Waals surface area (Å²) in [5.74, 6) is -0.0871. The standard InChI is InChI=1S/C20H20ClN3O/c1-14-13-15(2)24(23-14)19-9-3-16(4-10-19)11-12-22-20(25)17-5-7-18(21)8-6-17/h3-10,13H,11-12H2,1-2H3,(H,22,25). The SMILES string of the molecule is Cc1cc(C)n(-c2ccc(CCNC(=O)c3ccc(Cl)cc3)cc2)n1. The van der Waals surface area contributed by atoms with Gasteiger partial charge in [0.05, 0.1) is 11.4 Å². The van der Waals surface area contributed by atoms with Gasteiger partial charge in [-0.25, -0.2) is 4.68 Å². The summed E-state index contributed by atoms with van der Waals surface area (Å²) in [4.78, 5) is 12.1. The number of amides is 1. The Morgan fingerprint density at radius 1 is 1.08 bits per heavy atom. The first-order valence-corrected chi connectivity index (χ1v) is 8.57. The van der Waals surface area contributed by atoms with Crippen LogP contribution < -0.4 is 5.32 Å². The van der Waals surface area contributed by atoms with Gasteiger partial charge in [0, 0.05) is 22.8 Å². The van der Waals surface area contributed by atoms with Gasteiger partial charge in [-0.15, -0.1) is 0 Å². The molecule has 4 nitrogen and oxygen atoms in total. The Morgan fingerprint density at radius 3 is 2.36 bits per heavy atom. The molecule has 2 aromatic carbocycles. The van der Waals surface area contributed by atoms with Crippen LogP contribution in [0.3, 0.4) is 0 Å². The van der Waals surface area contributed by atoms with Crippen LogP contribution in [0.1, 0.15) is 27.3 Å². The number of rotatable bonds is 5. The Hall–Kier alpha value is -2.59. The number of aryl methyl sites for hydroxylation is 2. The van der Waals surface area contributed by atoms with Gasteiger partial charge in [0.2, 0.25) is 0 Å². The molecule has 0 spiro atoms. The molecule has 0 radical (unpaired) electrons. The van der Waals surface area contributed by atoms with Crippen molar-refractivity contribution in [1.82, 2.24) is 15.1 Å². The van der Waals surface area contributed by atoms with E-state index >= 15 is 0 Å². The van der Waals surface area contributed by atoms with Crippen molar-refractivity contribution in [3.05, 3.63) is 82.1 Å². The van der Waals surface area contributed by atoms with Crippen molar-refractivity contribution >= 4 is 17.5 Å². The van der Waals surface area contributed by atoms with Crippen LogP contribution in [0, 0.1) is 13.8 Å². The minimum Gasteiger partial charge on any atom is -0.352 e. The first-order chi connectivity index (χ1) is 12.0. The molecule has 0 saturated carbocycles. The zero-order valence-electron chi connectivity index (χ0n) is 14.3. The van der Waals surface area contributed by atoms with Crippen LogP contribution in [0.2, 0.25) is 5.02 Å². The highest BCUT2D eigenvalue weighted by Crippen LogP contribution is 2.13. The highest BCUT2D eigenvalue weighted by molar-refractivity contribution is 6.30. The number of hydrogen-bond donors (Lipinski definition) is 1. The first-order valence-electron chi connectivity index (χ1n) is 8.19. The third kappa shape index (κ3) is 4.28. The molecule has 1 N–H and O–H groups in total. The van der Waals surface area contributed by atoms with Gasteiger partial charge in [-0.1, -0.05) is 23.7 Å². The molecule has 25 heavy (non-hydrogen) atoms. The van der Waals surface area contributed by atoms with E-state index in [-0.39, 0.29) is 5.91 Å². The number of carbonyl (C=O) groups excluding carboxylic acids is 1. The molecule has 0 aliphatic carbocycles. The summed E-state index contributed by atoms with van der Waals surface area (Å²) in [5.41, 5.74) is 4.94. The van der Waals surface area contributed by atoms with Crippen molar-refractivity contribution in [2.75, 3.05) is 6.54 Å². The van der Waals surface area contributed by atoms with Crippen LogP contribution in [-0.2, 0) is 6.42 Å². The predicted octanol–water partition coefficient (Wildman–Crippen LogP) is 4.12. The highest BCUT2D eigenvalue weighted by atomic mass is 35.5. The van der Waals surface area contributed by atoms with E-state index in [1.807, 2.05) is 18.5 Å². The maximum absolute atomic E-state index is 12.1. The fraction of sp³-hybridized carbons (Fsp3) is 0.200. The summed E-state index contributed by atoms with van der Waals surface area (Å²) in [6, 6.07) is 17.2. The van der Waals surface area contributed by atoms with Crippen molar-refractivity contribution in [3.8, 4) is 5.69 Å². The minimum absolute atomic E-state index is 0.0871. The fourth-order valence-corrected chi connectivity index (χ4v) is 2.84. The molecule has 3 aromatic rings. The van der Waals surface area contributed by atoms with Crippen molar-refractivity contribution in [3.63, 3.8) is 0 Å². The monoisotopic (exact) mass is 353 g/mol. The molecule has 1 aromatic heterocycles. The molecule has 0 saturated heterocycles. The molecule has 5 heteroatoms. The maximum Gasteiger partial charge on any atom is 0.251 e. The smallest absolute Gasteiger partial charge is 0.251 e. The Kier molecular flexibility index (Phi) is 5.19. The highest BCUT2D eigenvalue weighted by Gasteiger charge is 2.06. The normalized spacial score (nSPS) is 10.7. The first kappa shape index (κ1) is 17.2. The van der Waals surface area contributed by atoms with E-state index < -0.39 is 0 Å². The van der Waals surface area contributed by atoms with Crippen LogP contribution in [-0.4, -0.2) is 22.2 Å². The Morgan fingerprint density at radius 2 is 1.76 bits per heavy atom. The van der Waals surface area contributed by atoms with E-state index in [1.54, 1.807) is 24.3 Å². The number of hydrogen-bond acceptors (Lipinski definition) is 2. The largest absolute Gasteiger partial charge is 0.352 e. The summed E-state index contributed by atoms with van der Waals surface area (Å²) in [6.07, 6.45) is 0.775. The molecule has 0 aliphatic rings. The summed E-state index contributed by atoms with van der Waals surface area (Å²) in [7, 11) is 0.